The van der Waals surface area contributed by atoms with Crippen LogP contribution >= 0.6 is 0 Å². The maximum Gasteiger partial charge on any atom is 0.280 e. The fourth-order valence-electron chi connectivity index (χ4n) is 3.71. The highest BCUT2D eigenvalue weighted by Crippen LogP contribution is 2.39. The van der Waals surface area contributed by atoms with Crippen LogP contribution in [0.15, 0.2) is 29.0 Å². The lowest BCUT2D eigenvalue weighted by molar-refractivity contribution is 0.122. The number of hydrogen-bond acceptors (Lipinski definition) is 7. The minimum atomic E-state index is -0.308. The van der Waals surface area contributed by atoms with Crippen LogP contribution in [0.5, 0.6) is 0 Å². The summed E-state index contributed by atoms with van der Waals surface area (Å²) in [6, 6.07) is 5.02. The molecule has 6 rings (SSSR count). The minimum Gasteiger partial charge on any atom is -0.378 e. The highest BCUT2D eigenvalue weighted by atomic mass is 19.1. The zero-order valence-corrected chi connectivity index (χ0v) is 15.0. The number of fused-ring (bicyclic) bond motifs is 3. The molecule has 1 aliphatic carbocycles. The number of halogens is 1. The number of hydrogen-bond donors (Lipinski definition) is 0. The molecule has 0 bridgehead atoms. The number of anilines is 1. The number of morpholine rings is 1. The monoisotopic (exact) mass is 380 g/mol. The molecule has 142 valence electrons. The molecule has 0 amide bonds. The van der Waals surface area contributed by atoms with Crippen molar-refractivity contribution in [3.8, 4) is 11.6 Å². The van der Waals surface area contributed by atoms with E-state index in [1.807, 2.05) is 6.07 Å². The Morgan fingerprint density at radius 3 is 2.79 bits per heavy atom. The van der Waals surface area contributed by atoms with E-state index in [9.17, 15) is 4.39 Å². The highest BCUT2D eigenvalue weighted by Gasteiger charge is 2.30. The van der Waals surface area contributed by atoms with Crippen LogP contribution in [0.25, 0.3) is 28.1 Å². The molecular formula is C19H17FN6O2. The van der Waals surface area contributed by atoms with Gasteiger partial charge < -0.3 is 14.2 Å². The smallest absolute Gasteiger partial charge is 0.280 e. The van der Waals surface area contributed by atoms with Crippen molar-refractivity contribution in [2.45, 2.75) is 18.8 Å². The highest BCUT2D eigenvalue weighted by molar-refractivity contribution is 5.94. The molecule has 8 nitrogen and oxygen atoms in total. The van der Waals surface area contributed by atoms with Crippen LogP contribution in [0.3, 0.4) is 0 Å². The summed E-state index contributed by atoms with van der Waals surface area (Å²) < 4.78 is 27.5. The second-order valence-corrected chi connectivity index (χ2v) is 7.19. The van der Waals surface area contributed by atoms with Gasteiger partial charge in [0, 0.05) is 19.0 Å². The molecule has 0 radical (unpaired) electrons. The largest absolute Gasteiger partial charge is 0.378 e. The van der Waals surface area contributed by atoms with E-state index in [0.717, 1.165) is 18.7 Å². The molecule has 0 spiro atoms. The molecule has 1 saturated carbocycles. The van der Waals surface area contributed by atoms with Gasteiger partial charge in [0.1, 0.15) is 18.0 Å². The van der Waals surface area contributed by atoms with Gasteiger partial charge >= 0.3 is 0 Å². The van der Waals surface area contributed by atoms with E-state index in [1.165, 1.54) is 6.07 Å². The topological polar surface area (TPSA) is 81.6 Å². The molecule has 0 unspecified atom stereocenters. The van der Waals surface area contributed by atoms with Gasteiger partial charge in [-0.15, -0.1) is 0 Å². The summed E-state index contributed by atoms with van der Waals surface area (Å²) in [7, 11) is 0. The van der Waals surface area contributed by atoms with Crippen molar-refractivity contribution in [2.75, 3.05) is 31.2 Å². The summed E-state index contributed by atoms with van der Waals surface area (Å²) in [4.78, 5) is 15.8. The summed E-state index contributed by atoms with van der Waals surface area (Å²) in [6.07, 6.45) is 3.81. The first-order valence-electron chi connectivity index (χ1n) is 9.41. The third-order valence-electron chi connectivity index (χ3n) is 5.33. The molecule has 2 fully saturated rings. The van der Waals surface area contributed by atoms with Crippen molar-refractivity contribution in [3.05, 3.63) is 36.2 Å². The Morgan fingerprint density at radius 2 is 1.96 bits per heavy atom. The average molecular weight is 380 g/mol. The van der Waals surface area contributed by atoms with Gasteiger partial charge in [-0.25, -0.2) is 14.4 Å². The molecule has 1 aliphatic heterocycles. The minimum absolute atomic E-state index is 0.308. The lowest BCUT2D eigenvalue weighted by atomic mass is 10.2. The van der Waals surface area contributed by atoms with Crippen LogP contribution in [0.1, 0.15) is 24.6 Å². The molecule has 28 heavy (non-hydrogen) atoms. The summed E-state index contributed by atoms with van der Waals surface area (Å²) >= 11 is 0. The van der Waals surface area contributed by atoms with Crippen LogP contribution in [0.4, 0.5) is 10.2 Å². The molecule has 4 heterocycles. The Morgan fingerprint density at radius 1 is 1.11 bits per heavy atom. The van der Waals surface area contributed by atoms with Crippen LogP contribution in [0.2, 0.25) is 0 Å². The molecule has 0 atom stereocenters. The first-order chi connectivity index (χ1) is 13.8. The lowest BCUT2D eigenvalue weighted by Crippen LogP contribution is -2.37. The summed E-state index contributed by atoms with van der Waals surface area (Å²) in [5.41, 5.74) is 1.79. The van der Waals surface area contributed by atoms with E-state index in [4.69, 9.17) is 14.2 Å². The van der Waals surface area contributed by atoms with Crippen molar-refractivity contribution < 1.29 is 13.7 Å². The Hall–Kier alpha value is -3.07. The van der Waals surface area contributed by atoms with E-state index in [1.54, 1.807) is 16.8 Å². The number of benzene rings is 1. The molecule has 1 aromatic carbocycles. The Kier molecular flexibility index (Phi) is 3.39. The van der Waals surface area contributed by atoms with E-state index < -0.39 is 0 Å². The average Bonchev–Trinajstić information content (AvgIpc) is 3.30. The van der Waals surface area contributed by atoms with Gasteiger partial charge in [-0.1, -0.05) is 11.2 Å². The number of ether oxygens (including phenoxy) is 1. The van der Waals surface area contributed by atoms with Gasteiger partial charge in [-0.2, -0.15) is 4.98 Å². The zero-order valence-electron chi connectivity index (χ0n) is 15.0. The Labute approximate surface area is 158 Å². The van der Waals surface area contributed by atoms with Crippen molar-refractivity contribution in [1.82, 2.24) is 24.5 Å². The first-order valence-corrected chi connectivity index (χ1v) is 9.41. The fraction of sp³-hybridized carbons (Fsp3) is 0.368. The van der Waals surface area contributed by atoms with E-state index in [-0.39, 0.29) is 5.82 Å². The Bertz CT molecular complexity index is 1190. The predicted molar refractivity (Wildman–Crippen MR) is 98.8 cm³/mol. The summed E-state index contributed by atoms with van der Waals surface area (Å²) in [6.45, 7) is 2.48. The predicted octanol–water partition coefficient (Wildman–Crippen LogP) is 2.79. The maximum atomic E-state index is 14.8. The Balaban J connectivity index is 1.59. The number of aromatic nitrogens is 5. The van der Waals surface area contributed by atoms with Crippen molar-refractivity contribution >= 4 is 22.4 Å². The zero-order chi connectivity index (χ0) is 18.7. The second kappa shape index (κ2) is 5.96. The summed E-state index contributed by atoms with van der Waals surface area (Å²) in [5.74, 6) is 1.74. The quantitative estimate of drug-likeness (QED) is 0.540. The van der Waals surface area contributed by atoms with Gasteiger partial charge in [-0.05, 0) is 25.0 Å². The number of rotatable bonds is 3. The lowest BCUT2D eigenvalue weighted by Gasteiger charge is -2.29. The normalized spacial score (nSPS) is 17.7. The van der Waals surface area contributed by atoms with Crippen molar-refractivity contribution in [2.24, 2.45) is 0 Å². The fourth-order valence-corrected chi connectivity index (χ4v) is 3.71. The van der Waals surface area contributed by atoms with Crippen molar-refractivity contribution in [1.29, 1.82) is 0 Å². The SMILES string of the molecule is Fc1cccc2c1c(N1CCOCC1)nc1c(-c3nc(C4CC4)no3)ncn12. The molecule has 4 aromatic rings. The van der Waals surface area contributed by atoms with Crippen LogP contribution < -0.4 is 4.90 Å². The van der Waals surface area contributed by atoms with Gasteiger partial charge in [0.15, 0.2) is 17.2 Å². The van der Waals surface area contributed by atoms with Gasteiger partial charge in [0.25, 0.3) is 5.89 Å². The molecule has 1 saturated heterocycles. The molecular weight excluding hydrogens is 363 g/mol. The van der Waals surface area contributed by atoms with E-state index in [0.29, 0.717) is 66.2 Å². The van der Waals surface area contributed by atoms with E-state index in [2.05, 4.69) is 20.0 Å². The van der Waals surface area contributed by atoms with E-state index >= 15 is 0 Å². The first kappa shape index (κ1) is 15.9. The van der Waals surface area contributed by atoms with Gasteiger partial charge in [-0.3, -0.25) is 4.40 Å². The number of imidazole rings is 1. The van der Waals surface area contributed by atoms with Gasteiger partial charge in [0.2, 0.25) is 0 Å². The third kappa shape index (κ3) is 2.39. The molecule has 0 N–H and O–H groups in total. The number of nitrogens with zero attached hydrogens (tertiary/aromatic N) is 6. The van der Waals surface area contributed by atoms with Crippen LogP contribution in [0, 0.1) is 5.82 Å². The van der Waals surface area contributed by atoms with Gasteiger partial charge in [0.05, 0.1) is 24.1 Å². The molecule has 2 aliphatic rings. The van der Waals surface area contributed by atoms with Crippen molar-refractivity contribution in [3.63, 3.8) is 0 Å². The summed E-state index contributed by atoms with van der Waals surface area (Å²) in [5, 5.41) is 4.56. The standard InChI is InChI=1S/C19H17FN6O2/c20-12-2-1-3-13-14(12)17(25-6-8-27-9-7-25)23-18-15(21-10-26(13)18)19-22-16(24-28-19)11-4-5-11/h1-3,10-11H,4-9H2. The third-order valence-corrected chi connectivity index (χ3v) is 5.33. The second-order valence-electron chi connectivity index (χ2n) is 7.19. The van der Waals surface area contributed by atoms with Crippen LogP contribution in [-0.2, 0) is 4.74 Å². The molecule has 3 aromatic heterocycles. The van der Waals surface area contributed by atoms with Crippen LogP contribution in [-0.4, -0.2) is 50.8 Å². The maximum absolute atomic E-state index is 14.8. The molecule has 9 heteroatoms.